The van der Waals surface area contributed by atoms with E-state index < -0.39 is 11.7 Å². The van der Waals surface area contributed by atoms with Crippen LogP contribution in [0.3, 0.4) is 0 Å². The average molecular weight is 273 g/mol. The molecular weight excluding hydrogens is 265 g/mol. The summed E-state index contributed by atoms with van der Waals surface area (Å²) < 4.78 is 37.7. The van der Waals surface area contributed by atoms with Crippen LogP contribution in [-0.4, -0.2) is 9.97 Å². The fourth-order valence-electron chi connectivity index (χ4n) is 1.45. The number of halogens is 4. The van der Waals surface area contributed by atoms with Gasteiger partial charge in [0.15, 0.2) is 0 Å². The maximum atomic E-state index is 12.6. The Kier molecular flexibility index (Phi) is 3.52. The molecule has 0 aliphatic carbocycles. The van der Waals surface area contributed by atoms with E-state index in [4.69, 9.17) is 11.6 Å². The van der Waals surface area contributed by atoms with E-state index in [1.807, 2.05) is 0 Å². The van der Waals surface area contributed by atoms with E-state index in [1.165, 1.54) is 18.5 Å². The molecule has 18 heavy (non-hydrogen) atoms. The lowest BCUT2D eigenvalue weighted by Gasteiger charge is -2.08. The van der Waals surface area contributed by atoms with Gasteiger partial charge in [-0.3, -0.25) is 0 Å². The standard InChI is InChI=1S/C12H8ClF3N2/c13-5-11-17-6-9(7-18-11)8-2-1-3-10(4-8)12(14,15)16/h1-4,6-7H,5H2. The lowest BCUT2D eigenvalue weighted by atomic mass is 10.1. The zero-order chi connectivity index (χ0) is 13.2. The zero-order valence-corrected chi connectivity index (χ0v) is 9.83. The number of hydrogen-bond donors (Lipinski definition) is 0. The fraction of sp³-hybridized carbons (Fsp3) is 0.167. The number of hydrogen-bond acceptors (Lipinski definition) is 2. The zero-order valence-electron chi connectivity index (χ0n) is 9.08. The maximum Gasteiger partial charge on any atom is 0.416 e. The Labute approximate surface area is 106 Å². The minimum atomic E-state index is -4.35. The molecule has 0 saturated heterocycles. The van der Waals surface area contributed by atoms with Gasteiger partial charge >= 0.3 is 6.18 Å². The van der Waals surface area contributed by atoms with Gasteiger partial charge in [0.2, 0.25) is 0 Å². The predicted octanol–water partition coefficient (Wildman–Crippen LogP) is 3.90. The number of benzene rings is 1. The van der Waals surface area contributed by atoms with Gasteiger partial charge in [-0.1, -0.05) is 12.1 Å². The lowest BCUT2D eigenvalue weighted by Crippen LogP contribution is -2.04. The van der Waals surface area contributed by atoms with Crippen LogP contribution >= 0.6 is 11.6 Å². The molecule has 0 N–H and O–H groups in total. The number of rotatable bonds is 2. The van der Waals surface area contributed by atoms with Crippen LogP contribution in [0.4, 0.5) is 13.2 Å². The van der Waals surface area contributed by atoms with Crippen LogP contribution in [0.25, 0.3) is 11.1 Å². The second-order valence-electron chi connectivity index (χ2n) is 3.60. The molecule has 2 nitrogen and oxygen atoms in total. The van der Waals surface area contributed by atoms with E-state index in [0.717, 1.165) is 12.1 Å². The third kappa shape index (κ3) is 2.79. The summed E-state index contributed by atoms with van der Waals surface area (Å²) in [6, 6.07) is 5.03. The molecular formula is C12H8ClF3N2. The minimum Gasteiger partial charge on any atom is -0.239 e. The van der Waals surface area contributed by atoms with Crippen LogP contribution in [-0.2, 0) is 12.1 Å². The first-order valence-electron chi connectivity index (χ1n) is 5.05. The topological polar surface area (TPSA) is 25.8 Å². The molecule has 0 atom stereocenters. The molecule has 1 aromatic carbocycles. The van der Waals surface area contributed by atoms with Crippen molar-refractivity contribution in [2.24, 2.45) is 0 Å². The number of aromatic nitrogens is 2. The average Bonchev–Trinajstić information content (AvgIpc) is 2.38. The first kappa shape index (κ1) is 12.8. The van der Waals surface area contributed by atoms with Gasteiger partial charge in [0, 0.05) is 18.0 Å². The largest absolute Gasteiger partial charge is 0.416 e. The maximum absolute atomic E-state index is 12.6. The molecule has 94 valence electrons. The Hall–Kier alpha value is -1.62. The molecule has 1 heterocycles. The smallest absolute Gasteiger partial charge is 0.239 e. The minimum absolute atomic E-state index is 0.170. The normalized spacial score (nSPS) is 11.6. The van der Waals surface area contributed by atoms with Crippen LogP contribution in [0.1, 0.15) is 11.4 Å². The van der Waals surface area contributed by atoms with Gasteiger partial charge in [-0.25, -0.2) is 9.97 Å². The summed E-state index contributed by atoms with van der Waals surface area (Å²) in [5.41, 5.74) is 0.252. The number of alkyl halides is 4. The van der Waals surface area contributed by atoms with Gasteiger partial charge in [0.05, 0.1) is 11.4 Å². The van der Waals surface area contributed by atoms with Gasteiger partial charge < -0.3 is 0 Å². The molecule has 2 aromatic rings. The van der Waals surface area contributed by atoms with Crippen molar-refractivity contribution in [1.29, 1.82) is 0 Å². The van der Waals surface area contributed by atoms with Crippen LogP contribution in [0.2, 0.25) is 0 Å². The van der Waals surface area contributed by atoms with Crippen molar-refractivity contribution >= 4 is 11.6 Å². The van der Waals surface area contributed by atoms with E-state index in [9.17, 15) is 13.2 Å². The Morgan fingerprint density at radius 3 is 2.28 bits per heavy atom. The SMILES string of the molecule is FC(F)(F)c1cccc(-c2cnc(CCl)nc2)c1. The Morgan fingerprint density at radius 2 is 1.72 bits per heavy atom. The summed E-state index contributed by atoms with van der Waals surface area (Å²) in [5.74, 6) is 0.607. The van der Waals surface area contributed by atoms with Crippen molar-refractivity contribution in [2.75, 3.05) is 0 Å². The molecule has 6 heteroatoms. The highest BCUT2D eigenvalue weighted by Crippen LogP contribution is 2.31. The quantitative estimate of drug-likeness (QED) is 0.775. The molecule has 0 spiro atoms. The predicted molar refractivity (Wildman–Crippen MR) is 62.0 cm³/mol. The molecule has 0 saturated carbocycles. The van der Waals surface area contributed by atoms with Gasteiger partial charge in [0.1, 0.15) is 5.82 Å². The van der Waals surface area contributed by atoms with Crippen molar-refractivity contribution < 1.29 is 13.2 Å². The van der Waals surface area contributed by atoms with E-state index in [2.05, 4.69) is 9.97 Å². The number of nitrogens with zero attached hydrogens (tertiary/aromatic N) is 2. The Balaban J connectivity index is 2.38. The third-order valence-electron chi connectivity index (χ3n) is 2.35. The molecule has 0 unspecified atom stereocenters. The first-order chi connectivity index (χ1) is 8.50. The molecule has 0 aliphatic rings. The van der Waals surface area contributed by atoms with E-state index in [1.54, 1.807) is 6.07 Å². The summed E-state index contributed by atoms with van der Waals surface area (Å²) in [6.45, 7) is 0. The van der Waals surface area contributed by atoms with Crippen molar-refractivity contribution in [1.82, 2.24) is 9.97 Å². The van der Waals surface area contributed by atoms with Gasteiger partial charge in [-0.15, -0.1) is 11.6 Å². The first-order valence-corrected chi connectivity index (χ1v) is 5.58. The van der Waals surface area contributed by atoms with Crippen molar-refractivity contribution in [3.05, 3.63) is 48.0 Å². The van der Waals surface area contributed by atoms with Crippen molar-refractivity contribution in [3.63, 3.8) is 0 Å². The Morgan fingerprint density at radius 1 is 1.06 bits per heavy atom. The summed E-state index contributed by atoms with van der Waals surface area (Å²) in [5, 5.41) is 0. The van der Waals surface area contributed by atoms with Crippen LogP contribution < -0.4 is 0 Å². The molecule has 0 fully saturated rings. The van der Waals surface area contributed by atoms with E-state index >= 15 is 0 Å². The van der Waals surface area contributed by atoms with Crippen LogP contribution in [0, 0.1) is 0 Å². The highest BCUT2D eigenvalue weighted by molar-refractivity contribution is 6.16. The van der Waals surface area contributed by atoms with E-state index in [0.29, 0.717) is 17.0 Å². The van der Waals surface area contributed by atoms with Gasteiger partial charge in [-0.05, 0) is 17.7 Å². The second-order valence-corrected chi connectivity index (χ2v) is 3.87. The monoisotopic (exact) mass is 272 g/mol. The van der Waals surface area contributed by atoms with Gasteiger partial charge in [0.25, 0.3) is 0 Å². The third-order valence-corrected chi connectivity index (χ3v) is 2.59. The Bertz CT molecular complexity index is 538. The fourth-order valence-corrected chi connectivity index (χ4v) is 1.59. The van der Waals surface area contributed by atoms with Crippen LogP contribution in [0.15, 0.2) is 36.7 Å². The van der Waals surface area contributed by atoms with Crippen LogP contribution in [0.5, 0.6) is 0 Å². The molecule has 1 aromatic heterocycles. The summed E-state index contributed by atoms with van der Waals surface area (Å²) in [4.78, 5) is 7.88. The lowest BCUT2D eigenvalue weighted by molar-refractivity contribution is -0.137. The van der Waals surface area contributed by atoms with E-state index in [-0.39, 0.29) is 5.88 Å². The van der Waals surface area contributed by atoms with Crippen molar-refractivity contribution in [2.45, 2.75) is 12.1 Å². The highest BCUT2D eigenvalue weighted by atomic mass is 35.5. The summed E-state index contributed by atoms with van der Waals surface area (Å²) in [6.07, 6.45) is -1.44. The summed E-state index contributed by atoms with van der Waals surface area (Å²) in [7, 11) is 0. The highest BCUT2D eigenvalue weighted by Gasteiger charge is 2.30. The summed E-state index contributed by atoms with van der Waals surface area (Å²) >= 11 is 5.54. The second kappa shape index (κ2) is 4.94. The molecule has 2 rings (SSSR count). The molecule has 0 bridgehead atoms. The molecule has 0 radical (unpaired) electrons. The van der Waals surface area contributed by atoms with Gasteiger partial charge in [-0.2, -0.15) is 13.2 Å². The van der Waals surface area contributed by atoms with Crippen molar-refractivity contribution in [3.8, 4) is 11.1 Å². The molecule has 0 aliphatic heterocycles. The molecule has 0 amide bonds.